The van der Waals surface area contributed by atoms with Gasteiger partial charge < -0.3 is 15.3 Å². The number of β-amino-alcohol motifs (C(OH)–C–C–N with tert-alkyl or cyclic N) is 1. The number of carbonyl (C=O) groups is 2. The molecular formula is C26H35N5O3. The van der Waals surface area contributed by atoms with Crippen molar-refractivity contribution in [3.8, 4) is 0 Å². The molecule has 1 aromatic carbocycles. The highest BCUT2D eigenvalue weighted by Gasteiger charge is 2.23. The topological polar surface area (TPSA) is 98.7 Å². The Balaban J connectivity index is 1.24. The number of nitrogens with one attached hydrogen (secondary N) is 1. The van der Waals surface area contributed by atoms with Crippen molar-refractivity contribution in [2.45, 2.75) is 52.2 Å². The van der Waals surface area contributed by atoms with Crippen LogP contribution in [0.5, 0.6) is 0 Å². The zero-order chi connectivity index (χ0) is 24.1. The maximum Gasteiger partial charge on any atom is 0.270 e. The normalized spacial score (nSPS) is 17.8. The van der Waals surface area contributed by atoms with E-state index >= 15 is 0 Å². The van der Waals surface area contributed by atoms with Crippen LogP contribution in [0.3, 0.4) is 0 Å². The molecule has 1 atom stereocenters. The molecule has 8 nitrogen and oxygen atoms in total. The number of nitrogens with zero attached hydrogens (tertiary/aromatic N) is 4. The molecule has 2 aliphatic heterocycles. The third-order valence-electron chi connectivity index (χ3n) is 7.06. The summed E-state index contributed by atoms with van der Waals surface area (Å²) < 4.78 is 0. The second kappa shape index (κ2) is 11.1. The van der Waals surface area contributed by atoms with Crippen molar-refractivity contribution in [3.05, 3.63) is 58.7 Å². The van der Waals surface area contributed by atoms with Crippen LogP contribution in [-0.2, 0) is 24.2 Å². The van der Waals surface area contributed by atoms with E-state index in [0.29, 0.717) is 18.2 Å². The van der Waals surface area contributed by atoms with Crippen LogP contribution in [0, 0.1) is 12.8 Å². The first kappa shape index (κ1) is 24.3. The molecular weight excluding hydrogens is 430 g/mol. The number of aromatic nitrogens is 2. The van der Waals surface area contributed by atoms with Crippen molar-refractivity contribution < 1.29 is 14.7 Å². The number of fused-ring (bicyclic) bond motifs is 1. The molecule has 1 saturated heterocycles. The summed E-state index contributed by atoms with van der Waals surface area (Å²) in [6, 6.07) is 8.12. The molecule has 182 valence electrons. The van der Waals surface area contributed by atoms with Crippen LogP contribution in [0.4, 0.5) is 0 Å². The maximum atomic E-state index is 12.6. The van der Waals surface area contributed by atoms with E-state index in [1.807, 2.05) is 4.90 Å². The molecule has 0 radical (unpaired) electrons. The summed E-state index contributed by atoms with van der Waals surface area (Å²) in [5.41, 5.74) is 5.23. The summed E-state index contributed by atoms with van der Waals surface area (Å²) in [5.74, 6) is 0.275. The number of carbonyl (C=O) groups excluding carboxylic acids is 2. The minimum atomic E-state index is -0.650. The molecule has 2 aromatic rings. The Labute approximate surface area is 201 Å². The van der Waals surface area contributed by atoms with Gasteiger partial charge in [0, 0.05) is 51.9 Å². The number of aliphatic hydroxyl groups is 1. The predicted octanol–water partition coefficient (Wildman–Crippen LogP) is 1.74. The summed E-state index contributed by atoms with van der Waals surface area (Å²) in [6.45, 7) is 7.73. The standard InChI is InChI=1S/C26H35N5O3/c1-18-4-3-5-21-15-30(9-8-24(18)21)16-23(33)14-27-26(34)25-13-22(28-17-29-25)12-20-6-10-31(11-7-20)19(2)32/h3-5,13,17,20,23,33H,6-12,14-16H2,1-2H3,(H,27,34)/t23-/m0/s1. The lowest BCUT2D eigenvalue weighted by atomic mass is 9.92. The van der Waals surface area contributed by atoms with Crippen LogP contribution in [0.2, 0.25) is 0 Å². The maximum absolute atomic E-state index is 12.6. The molecule has 1 fully saturated rings. The van der Waals surface area contributed by atoms with Gasteiger partial charge in [-0.15, -0.1) is 0 Å². The van der Waals surface area contributed by atoms with Crippen LogP contribution in [0.15, 0.2) is 30.6 Å². The van der Waals surface area contributed by atoms with Gasteiger partial charge in [-0.05, 0) is 61.3 Å². The third-order valence-corrected chi connectivity index (χ3v) is 7.06. The summed E-state index contributed by atoms with van der Waals surface area (Å²) in [5, 5.41) is 13.3. The largest absolute Gasteiger partial charge is 0.390 e. The number of hydrogen-bond donors (Lipinski definition) is 2. The molecule has 4 rings (SSSR count). The number of piperidine rings is 1. The predicted molar refractivity (Wildman–Crippen MR) is 129 cm³/mol. The molecule has 0 unspecified atom stereocenters. The molecule has 1 aromatic heterocycles. The first-order valence-electron chi connectivity index (χ1n) is 12.2. The number of rotatable bonds is 7. The molecule has 0 spiro atoms. The highest BCUT2D eigenvalue weighted by atomic mass is 16.3. The average Bonchev–Trinajstić information content (AvgIpc) is 2.83. The van der Waals surface area contributed by atoms with E-state index in [9.17, 15) is 14.7 Å². The van der Waals surface area contributed by atoms with Crippen LogP contribution in [-0.4, -0.2) is 75.5 Å². The summed E-state index contributed by atoms with van der Waals surface area (Å²) in [4.78, 5) is 36.7. The zero-order valence-electron chi connectivity index (χ0n) is 20.2. The molecule has 0 bridgehead atoms. The molecule has 0 aliphatic carbocycles. The monoisotopic (exact) mass is 465 g/mol. The summed E-state index contributed by atoms with van der Waals surface area (Å²) >= 11 is 0. The number of benzene rings is 1. The Bertz CT molecular complexity index is 1020. The number of amides is 2. The Hall–Kier alpha value is -2.84. The fourth-order valence-corrected chi connectivity index (χ4v) is 5.06. The van der Waals surface area contributed by atoms with Crippen LogP contribution in [0.1, 0.15) is 52.6 Å². The van der Waals surface area contributed by atoms with Crippen molar-refractivity contribution in [2.75, 3.05) is 32.7 Å². The van der Waals surface area contributed by atoms with Gasteiger partial charge in [0.05, 0.1) is 6.10 Å². The molecule has 2 aliphatic rings. The van der Waals surface area contributed by atoms with E-state index in [-0.39, 0.29) is 18.4 Å². The first-order chi connectivity index (χ1) is 16.4. The molecule has 0 saturated carbocycles. The van der Waals surface area contributed by atoms with E-state index in [0.717, 1.165) is 57.6 Å². The zero-order valence-corrected chi connectivity index (χ0v) is 20.2. The van der Waals surface area contributed by atoms with E-state index in [1.165, 1.54) is 23.0 Å². The van der Waals surface area contributed by atoms with Crippen molar-refractivity contribution >= 4 is 11.8 Å². The van der Waals surface area contributed by atoms with Gasteiger partial charge in [0.1, 0.15) is 12.0 Å². The fourth-order valence-electron chi connectivity index (χ4n) is 5.06. The van der Waals surface area contributed by atoms with Gasteiger partial charge in [0.25, 0.3) is 5.91 Å². The lowest BCUT2D eigenvalue weighted by molar-refractivity contribution is -0.130. The number of aryl methyl sites for hydroxylation is 1. The van der Waals surface area contributed by atoms with Crippen LogP contribution < -0.4 is 5.32 Å². The third kappa shape index (κ3) is 6.18. The highest BCUT2D eigenvalue weighted by Crippen LogP contribution is 2.22. The van der Waals surface area contributed by atoms with Gasteiger partial charge in [-0.25, -0.2) is 9.97 Å². The SMILES string of the molecule is CC(=O)N1CCC(Cc2cc(C(=O)NC[C@H](O)CN3CCc4c(C)cccc4C3)ncn2)CC1. The minimum absolute atomic E-state index is 0.127. The Morgan fingerprint density at radius 1 is 1.21 bits per heavy atom. The Morgan fingerprint density at radius 3 is 2.76 bits per heavy atom. The van der Waals surface area contributed by atoms with Crippen LogP contribution in [0.25, 0.3) is 0 Å². The molecule has 8 heteroatoms. The Morgan fingerprint density at radius 2 is 2.00 bits per heavy atom. The van der Waals surface area contributed by atoms with E-state index in [4.69, 9.17) is 0 Å². The van der Waals surface area contributed by atoms with E-state index < -0.39 is 6.10 Å². The smallest absolute Gasteiger partial charge is 0.270 e. The molecule has 2 N–H and O–H groups in total. The minimum Gasteiger partial charge on any atom is -0.390 e. The lowest BCUT2D eigenvalue weighted by Gasteiger charge is -2.31. The van der Waals surface area contributed by atoms with Gasteiger partial charge in [-0.2, -0.15) is 0 Å². The van der Waals surface area contributed by atoms with Gasteiger partial charge >= 0.3 is 0 Å². The van der Waals surface area contributed by atoms with Gasteiger partial charge in [-0.1, -0.05) is 18.2 Å². The summed E-state index contributed by atoms with van der Waals surface area (Å²) in [7, 11) is 0. The molecule has 34 heavy (non-hydrogen) atoms. The number of likely N-dealkylation sites (tertiary alicyclic amines) is 1. The van der Waals surface area contributed by atoms with Crippen LogP contribution >= 0.6 is 0 Å². The second-order valence-electron chi connectivity index (χ2n) is 9.61. The van der Waals surface area contributed by atoms with E-state index in [1.54, 1.807) is 13.0 Å². The van der Waals surface area contributed by atoms with Crippen molar-refractivity contribution in [1.29, 1.82) is 0 Å². The van der Waals surface area contributed by atoms with Crippen molar-refractivity contribution in [3.63, 3.8) is 0 Å². The van der Waals surface area contributed by atoms with Gasteiger partial charge in [-0.3, -0.25) is 14.5 Å². The highest BCUT2D eigenvalue weighted by molar-refractivity contribution is 5.92. The quantitative estimate of drug-likeness (QED) is 0.646. The van der Waals surface area contributed by atoms with Gasteiger partial charge in [0.2, 0.25) is 5.91 Å². The number of hydrogen-bond acceptors (Lipinski definition) is 6. The fraction of sp³-hybridized carbons (Fsp3) is 0.538. The van der Waals surface area contributed by atoms with Crippen molar-refractivity contribution in [2.24, 2.45) is 5.92 Å². The first-order valence-corrected chi connectivity index (χ1v) is 12.2. The van der Waals surface area contributed by atoms with Crippen molar-refractivity contribution in [1.82, 2.24) is 25.1 Å². The second-order valence-corrected chi connectivity index (χ2v) is 9.61. The summed E-state index contributed by atoms with van der Waals surface area (Å²) in [6.07, 6.45) is 4.42. The Kier molecular flexibility index (Phi) is 7.90. The lowest BCUT2D eigenvalue weighted by Crippen LogP contribution is -2.42. The van der Waals surface area contributed by atoms with E-state index in [2.05, 4.69) is 45.3 Å². The van der Waals surface area contributed by atoms with Gasteiger partial charge in [0.15, 0.2) is 0 Å². The average molecular weight is 466 g/mol. The molecule has 2 amide bonds. The number of aliphatic hydroxyl groups excluding tert-OH is 1. The molecule has 3 heterocycles.